The SMILES string of the molecule is CC(C)(O)C1CCC(F)(C2CC2)CC1. The third-order valence-electron chi connectivity index (χ3n) is 4.12. The van der Waals surface area contributed by atoms with Crippen molar-refractivity contribution in [2.24, 2.45) is 11.8 Å². The molecule has 82 valence electrons. The molecule has 2 aliphatic rings. The van der Waals surface area contributed by atoms with E-state index in [1.165, 1.54) is 0 Å². The fourth-order valence-corrected chi connectivity index (χ4v) is 2.81. The van der Waals surface area contributed by atoms with Crippen LogP contribution in [0.1, 0.15) is 52.4 Å². The molecule has 14 heavy (non-hydrogen) atoms. The Morgan fingerprint density at radius 3 is 2.00 bits per heavy atom. The van der Waals surface area contributed by atoms with E-state index in [4.69, 9.17) is 0 Å². The average molecular weight is 200 g/mol. The van der Waals surface area contributed by atoms with Gasteiger partial charge in [0, 0.05) is 0 Å². The lowest BCUT2D eigenvalue weighted by atomic mass is 9.72. The highest BCUT2D eigenvalue weighted by Gasteiger charge is 2.48. The highest BCUT2D eigenvalue weighted by molar-refractivity contribution is 4.99. The predicted octanol–water partition coefficient (Wildman–Crippen LogP) is 3.07. The van der Waals surface area contributed by atoms with Crippen molar-refractivity contribution in [3.05, 3.63) is 0 Å². The van der Waals surface area contributed by atoms with Crippen molar-refractivity contribution in [3.8, 4) is 0 Å². The van der Waals surface area contributed by atoms with Crippen LogP contribution >= 0.6 is 0 Å². The van der Waals surface area contributed by atoms with Crippen molar-refractivity contribution in [3.63, 3.8) is 0 Å². The van der Waals surface area contributed by atoms with Gasteiger partial charge in [0.05, 0.1) is 5.60 Å². The molecule has 2 heteroatoms. The van der Waals surface area contributed by atoms with Gasteiger partial charge < -0.3 is 5.11 Å². The van der Waals surface area contributed by atoms with E-state index in [1.54, 1.807) is 0 Å². The number of halogens is 1. The van der Waals surface area contributed by atoms with E-state index in [0.29, 0.717) is 24.7 Å². The molecule has 0 heterocycles. The van der Waals surface area contributed by atoms with Gasteiger partial charge in [-0.25, -0.2) is 4.39 Å². The fourth-order valence-electron chi connectivity index (χ4n) is 2.81. The second-order valence-corrected chi connectivity index (χ2v) is 5.74. The lowest BCUT2D eigenvalue weighted by molar-refractivity contribution is -0.0341. The predicted molar refractivity (Wildman–Crippen MR) is 54.8 cm³/mol. The zero-order chi connectivity index (χ0) is 10.4. The van der Waals surface area contributed by atoms with Crippen LogP contribution in [-0.4, -0.2) is 16.4 Å². The van der Waals surface area contributed by atoms with Crippen LogP contribution in [0.15, 0.2) is 0 Å². The van der Waals surface area contributed by atoms with Gasteiger partial charge >= 0.3 is 0 Å². The molecule has 2 fully saturated rings. The molecule has 0 amide bonds. The monoisotopic (exact) mass is 200 g/mol. The van der Waals surface area contributed by atoms with Crippen LogP contribution in [-0.2, 0) is 0 Å². The fraction of sp³-hybridized carbons (Fsp3) is 1.00. The molecular weight excluding hydrogens is 179 g/mol. The maximum absolute atomic E-state index is 14.2. The van der Waals surface area contributed by atoms with Gasteiger partial charge in [-0.3, -0.25) is 0 Å². The maximum Gasteiger partial charge on any atom is 0.113 e. The number of rotatable bonds is 2. The zero-order valence-electron chi connectivity index (χ0n) is 9.22. The van der Waals surface area contributed by atoms with Gasteiger partial charge in [-0.2, -0.15) is 0 Å². The minimum Gasteiger partial charge on any atom is -0.390 e. The Morgan fingerprint density at radius 2 is 1.64 bits per heavy atom. The van der Waals surface area contributed by atoms with Crippen LogP contribution in [0.5, 0.6) is 0 Å². The van der Waals surface area contributed by atoms with E-state index >= 15 is 0 Å². The summed E-state index contributed by atoms with van der Waals surface area (Å²) in [5.41, 5.74) is -1.49. The summed E-state index contributed by atoms with van der Waals surface area (Å²) < 4.78 is 14.2. The Hall–Kier alpha value is -0.110. The Morgan fingerprint density at radius 1 is 1.14 bits per heavy atom. The summed E-state index contributed by atoms with van der Waals surface area (Å²) in [7, 11) is 0. The summed E-state index contributed by atoms with van der Waals surface area (Å²) in [6.45, 7) is 3.69. The number of hydrogen-bond acceptors (Lipinski definition) is 1. The molecule has 0 radical (unpaired) electrons. The Balaban J connectivity index is 1.91. The maximum atomic E-state index is 14.2. The van der Waals surface area contributed by atoms with Crippen molar-refractivity contribution in [2.75, 3.05) is 0 Å². The molecule has 0 aromatic heterocycles. The number of hydrogen-bond donors (Lipinski definition) is 1. The zero-order valence-corrected chi connectivity index (χ0v) is 9.22. The molecule has 2 rings (SSSR count). The highest BCUT2D eigenvalue weighted by Crippen LogP contribution is 2.51. The van der Waals surface area contributed by atoms with Crippen LogP contribution in [0, 0.1) is 11.8 Å². The van der Waals surface area contributed by atoms with Crippen LogP contribution in [0.2, 0.25) is 0 Å². The summed E-state index contributed by atoms with van der Waals surface area (Å²) >= 11 is 0. The van der Waals surface area contributed by atoms with Crippen LogP contribution in [0.4, 0.5) is 4.39 Å². The minimum atomic E-state index is -0.873. The molecule has 2 saturated carbocycles. The summed E-state index contributed by atoms with van der Waals surface area (Å²) in [4.78, 5) is 0. The van der Waals surface area contributed by atoms with E-state index in [2.05, 4.69) is 0 Å². The third-order valence-corrected chi connectivity index (χ3v) is 4.12. The molecule has 0 saturated heterocycles. The normalized spacial score (nSPS) is 39.9. The molecule has 0 aromatic carbocycles. The van der Waals surface area contributed by atoms with Gasteiger partial charge in [0.2, 0.25) is 0 Å². The Kier molecular flexibility index (Phi) is 2.37. The molecular formula is C12H21FO. The average Bonchev–Trinajstić information content (AvgIpc) is 2.85. The van der Waals surface area contributed by atoms with Crippen LogP contribution < -0.4 is 0 Å². The van der Waals surface area contributed by atoms with Gasteiger partial charge in [0.1, 0.15) is 5.67 Å². The van der Waals surface area contributed by atoms with Gasteiger partial charge in [-0.05, 0) is 64.2 Å². The van der Waals surface area contributed by atoms with E-state index < -0.39 is 11.3 Å². The lowest BCUT2D eigenvalue weighted by Crippen LogP contribution is -2.39. The van der Waals surface area contributed by atoms with Gasteiger partial charge in [-0.1, -0.05) is 0 Å². The molecule has 2 aliphatic carbocycles. The van der Waals surface area contributed by atoms with Crippen molar-refractivity contribution in [1.29, 1.82) is 0 Å². The van der Waals surface area contributed by atoms with E-state index in [0.717, 1.165) is 25.7 Å². The molecule has 0 aromatic rings. The standard InChI is InChI=1S/C12H21FO/c1-11(2,14)9-5-7-12(13,8-6-9)10-3-4-10/h9-10,14H,3-8H2,1-2H3. The van der Waals surface area contributed by atoms with Gasteiger partial charge in [0.25, 0.3) is 0 Å². The second-order valence-electron chi connectivity index (χ2n) is 5.74. The Bertz CT molecular complexity index is 207. The second kappa shape index (κ2) is 3.19. The summed E-state index contributed by atoms with van der Waals surface area (Å²) in [6.07, 6.45) is 5.24. The summed E-state index contributed by atoms with van der Waals surface area (Å²) in [5.74, 6) is 0.649. The van der Waals surface area contributed by atoms with E-state index in [9.17, 15) is 9.50 Å². The summed E-state index contributed by atoms with van der Waals surface area (Å²) in [5, 5.41) is 9.84. The quantitative estimate of drug-likeness (QED) is 0.726. The van der Waals surface area contributed by atoms with Gasteiger partial charge in [-0.15, -0.1) is 0 Å². The molecule has 0 bridgehead atoms. The first-order chi connectivity index (χ1) is 6.42. The van der Waals surface area contributed by atoms with Crippen molar-refractivity contribution in [2.45, 2.75) is 63.6 Å². The molecule has 0 unspecified atom stereocenters. The molecule has 0 spiro atoms. The topological polar surface area (TPSA) is 20.2 Å². The first kappa shape index (κ1) is 10.4. The molecule has 0 aliphatic heterocycles. The van der Waals surface area contributed by atoms with Crippen LogP contribution in [0.3, 0.4) is 0 Å². The first-order valence-corrected chi connectivity index (χ1v) is 5.83. The Labute approximate surface area is 85.7 Å². The lowest BCUT2D eigenvalue weighted by Gasteiger charge is -2.39. The molecule has 1 N–H and O–H groups in total. The van der Waals surface area contributed by atoms with E-state index in [1.807, 2.05) is 13.8 Å². The number of aliphatic hydroxyl groups is 1. The smallest absolute Gasteiger partial charge is 0.113 e. The van der Waals surface area contributed by atoms with Crippen molar-refractivity contribution in [1.82, 2.24) is 0 Å². The van der Waals surface area contributed by atoms with Crippen LogP contribution in [0.25, 0.3) is 0 Å². The number of alkyl halides is 1. The minimum absolute atomic E-state index is 0.296. The molecule has 0 atom stereocenters. The molecule has 1 nitrogen and oxygen atoms in total. The summed E-state index contributed by atoms with van der Waals surface area (Å²) in [6, 6.07) is 0. The van der Waals surface area contributed by atoms with Crippen molar-refractivity contribution < 1.29 is 9.50 Å². The van der Waals surface area contributed by atoms with Gasteiger partial charge in [0.15, 0.2) is 0 Å². The van der Waals surface area contributed by atoms with Crippen molar-refractivity contribution >= 4 is 0 Å². The first-order valence-electron chi connectivity index (χ1n) is 5.83. The highest BCUT2D eigenvalue weighted by atomic mass is 19.1. The largest absolute Gasteiger partial charge is 0.390 e. The third kappa shape index (κ3) is 1.95. The van der Waals surface area contributed by atoms with E-state index in [-0.39, 0.29) is 0 Å².